The summed E-state index contributed by atoms with van der Waals surface area (Å²) in [6, 6.07) is 13.9. The topological polar surface area (TPSA) is 59.9 Å². The highest BCUT2D eigenvalue weighted by molar-refractivity contribution is 8.00. The maximum Gasteiger partial charge on any atom is 0.206 e. The van der Waals surface area contributed by atoms with Gasteiger partial charge in [0.25, 0.3) is 0 Å². The fraction of sp³-hybridized carbons (Fsp3) is 0.125. The van der Waals surface area contributed by atoms with E-state index < -0.39 is 9.84 Å². The lowest BCUT2D eigenvalue weighted by atomic mass is 10.2. The van der Waals surface area contributed by atoms with E-state index in [1.165, 1.54) is 11.3 Å². The molecule has 0 unspecified atom stereocenters. The van der Waals surface area contributed by atoms with Gasteiger partial charge in [-0.2, -0.15) is 0 Å². The first kappa shape index (κ1) is 16.2. The highest BCUT2D eigenvalue weighted by Crippen LogP contribution is 2.26. The second-order valence-electron chi connectivity index (χ2n) is 4.95. The van der Waals surface area contributed by atoms with Crippen LogP contribution in [-0.2, 0) is 15.6 Å². The van der Waals surface area contributed by atoms with E-state index in [2.05, 4.69) is 10.2 Å². The summed E-state index contributed by atoms with van der Waals surface area (Å²) >= 11 is 3.08. The van der Waals surface area contributed by atoms with Gasteiger partial charge in [-0.25, -0.2) is 8.42 Å². The standard InChI is InChI=1S/C16H14N2O2S3/c1-12-2-6-14(7-3-12)23(19,20)15-8-4-13(5-9-15)10-21-16-18-17-11-22-16/h2-9,11H,10H2,1H3. The molecule has 0 radical (unpaired) electrons. The number of hydrogen-bond donors (Lipinski definition) is 0. The van der Waals surface area contributed by atoms with Crippen LogP contribution >= 0.6 is 23.1 Å². The van der Waals surface area contributed by atoms with Crippen LogP contribution in [0, 0.1) is 6.92 Å². The number of aromatic nitrogens is 2. The molecule has 0 fully saturated rings. The van der Waals surface area contributed by atoms with Gasteiger partial charge in [0, 0.05) is 5.75 Å². The molecule has 2 aromatic carbocycles. The Labute approximate surface area is 143 Å². The summed E-state index contributed by atoms with van der Waals surface area (Å²) < 4.78 is 26.1. The Morgan fingerprint density at radius 1 is 1.00 bits per heavy atom. The quantitative estimate of drug-likeness (QED) is 0.643. The molecule has 7 heteroatoms. The van der Waals surface area contributed by atoms with Crippen LogP contribution in [0.15, 0.2) is 68.2 Å². The van der Waals surface area contributed by atoms with Gasteiger partial charge in [-0.3, -0.25) is 0 Å². The number of aryl methyl sites for hydroxylation is 1. The molecule has 0 aliphatic rings. The van der Waals surface area contributed by atoms with Gasteiger partial charge in [-0.1, -0.05) is 52.9 Å². The van der Waals surface area contributed by atoms with Crippen LogP contribution in [0.3, 0.4) is 0 Å². The first-order valence-electron chi connectivity index (χ1n) is 6.85. The molecule has 0 bridgehead atoms. The molecule has 0 spiro atoms. The van der Waals surface area contributed by atoms with Crippen molar-refractivity contribution in [2.75, 3.05) is 0 Å². The average molecular weight is 363 g/mol. The van der Waals surface area contributed by atoms with Crippen LogP contribution < -0.4 is 0 Å². The predicted molar refractivity (Wildman–Crippen MR) is 92.5 cm³/mol. The van der Waals surface area contributed by atoms with E-state index in [9.17, 15) is 8.42 Å². The molecule has 0 amide bonds. The van der Waals surface area contributed by atoms with Crippen molar-refractivity contribution >= 4 is 32.9 Å². The average Bonchev–Trinajstić information content (AvgIpc) is 3.07. The maximum absolute atomic E-state index is 12.6. The summed E-state index contributed by atoms with van der Waals surface area (Å²) in [5.41, 5.74) is 3.78. The highest BCUT2D eigenvalue weighted by Gasteiger charge is 2.17. The summed E-state index contributed by atoms with van der Waals surface area (Å²) in [6.45, 7) is 1.93. The van der Waals surface area contributed by atoms with Crippen molar-refractivity contribution in [3.8, 4) is 0 Å². The molecular weight excluding hydrogens is 348 g/mol. The van der Waals surface area contributed by atoms with E-state index in [4.69, 9.17) is 0 Å². The molecule has 0 saturated carbocycles. The third-order valence-electron chi connectivity index (χ3n) is 3.27. The van der Waals surface area contributed by atoms with Crippen molar-refractivity contribution in [3.63, 3.8) is 0 Å². The number of hydrogen-bond acceptors (Lipinski definition) is 6. The number of sulfone groups is 1. The Bertz CT molecular complexity index is 872. The fourth-order valence-corrected chi connectivity index (χ4v) is 4.69. The van der Waals surface area contributed by atoms with Crippen molar-refractivity contribution in [2.45, 2.75) is 26.8 Å². The van der Waals surface area contributed by atoms with Crippen molar-refractivity contribution in [1.82, 2.24) is 10.2 Å². The summed E-state index contributed by atoms with van der Waals surface area (Å²) in [7, 11) is -3.46. The molecule has 118 valence electrons. The largest absolute Gasteiger partial charge is 0.219 e. The summed E-state index contributed by atoms with van der Waals surface area (Å²) in [6.07, 6.45) is 0. The maximum atomic E-state index is 12.6. The minimum Gasteiger partial charge on any atom is -0.219 e. The van der Waals surface area contributed by atoms with Crippen LogP contribution in [0.25, 0.3) is 0 Å². The molecule has 1 aromatic heterocycles. The highest BCUT2D eigenvalue weighted by atomic mass is 32.2. The summed E-state index contributed by atoms with van der Waals surface area (Å²) in [5.74, 6) is 0.736. The summed E-state index contributed by atoms with van der Waals surface area (Å²) in [5, 5.41) is 7.76. The van der Waals surface area contributed by atoms with E-state index >= 15 is 0 Å². The molecule has 0 atom stereocenters. The first-order valence-corrected chi connectivity index (χ1v) is 10.2. The fourth-order valence-electron chi connectivity index (χ4n) is 1.99. The van der Waals surface area contributed by atoms with Gasteiger partial charge in [0.1, 0.15) is 5.51 Å². The Morgan fingerprint density at radius 3 is 2.17 bits per heavy atom. The van der Waals surface area contributed by atoms with Gasteiger partial charge in [0.2, 0.25) is 9.84 Å². The lowest BCUT2D eigenvalue weighted by molar-refractivity contribution is 0.596. The molecule has 4 nitrogen and oxygen atoms in total. The molecule has 0 aliphatic carbocycles. The first-order chi connectivity index (χ1) is 11.1. The number of thioether (sulfide) groups is 1. The predicted octanol–water partition coefficient (Wildman–Crippen LogP) is 3.97. The van der Waals surface area contributed by atoms with E-state index in [1.54, 1.807) is 53.7 Å². The Balaban J connectivity index is 1.77. The molecule has 0 N–H and O–H groups in total. The zero-order valence-corrected chi connectivity index (χ0v) is 14.8. The van der Waals surface area contributed by atoms with Gasteiger partial charge in [-0.05, 0) is 36.8 Å². The van der Waals surface area contributed by atoms with Gasteiger partial charge in [0.05, 0.1) is 9.79 Å². The third kappa shape index (κ3) is 3.80. The Kier molecular flexibility index (Phi) is 4.79. The molecular formula is C16H14N2O2S3. The monoisotopic (exact) mass is 362 g/mol. The lowest BCUT2D eigenvalue weighted by Crippen LogP contribution is -2.02. The minimum absolute atomic E-state index is 0.311. The number of benzene rings is 2. The van der Waals surface area contributed by atoms with Gasteiger partial charge in [-0.15, -0.1) is 10.2 Å². The van der Waals surface area contributed by atoms with E-state index in [-0.39, 0.29) is 0 Å². The summed E-state index contributed by atoms with van der Waals surface area (Å²) in [4.78, 5) is 0.630. The number of nitrogens with zero attached hydrogens (tertiary/aromatic N) is 2. The van der Waals surface area contributed by atoms with E-state index in [0.717, 1.165) is 21.2 Å². The van der Waals surface area contributed by atoms with Gasteiger partial charge < -0.3 is 0 Å². The molecule has 1 heterocycles. The van der Waals surface area contributed by atoms with Crippen molar-refractivity contribution < 1.29 is 8.42 Å². The van der Waals surface area contributed by atoms with E-state index in [1.807, 2.05) is 19.1 Å². The second-order valence-corrected chi connectivity index (χ2v) is 8.96. The number of rotatable bonds is 5. The van der Waals surface area contributed by atoms with Crippen LogP contribution in [-0.4, -0.2) is 18.6 Å². The van der Waals surface area contributed by atoms with Crippen LogP contribution in [0.2, 0.25) is 0 Å². The van der Waals surface area contributed by atoms with Gasteiger partial charge in [0.15, 0.2) is 4.34 Å². The molecule has 3 rings (SSSR count). The Morgan fingerprint density at radius 2 is 1.61 bits per heavy atom. The Hall–Kier alpha value is -1.70. The molecule has 3 aromatic rings. The van der Waals surface area contributed by atoms with Crippen LogP contribution in [0.5, 0.6) is 0 Å². The molecule has 0 aliphatic heterocycles. The van der Waals surface area contributed by atoms with Crippen molar-refractivity contribution in [1.29, 1.82) is 0 Å². The van der Waals surface area contributed by atoms with Crippen LogP contribution in [0.1, 0.15) is 11.1 Å². The third-order valence-corrected chi connectivity index (χ3v) is 6.98. The minimum atomic E-state index is -3.46. The van der Waals surface area contributed by atoms with E-state index in [0.29, 0.717) is 9.79 Å². The smallest absolute Gasteiger partial charge is 0.206 e. The second kappa shape index (κ2) is 6.82. The zero-order chi connectivity index (χ0) is 16.3. The molecule has 23 heavy (non-hydrogen) atoms. The SMILES string of the molecule is Cc1ccc(S(=O)(=O)c2ccc(CSc3nncs3)cc2)cc1. The normalized spacial score (nSPS) is 11.5. The molecule has 0 saturated heterocycles. The lowest BCUT2D eigenvalue weighted by Gasteiger charge is -2.06. The van der Waals surface area contributed by atoms with Crippen molar-refractivity contribution in [3.05, 3.63) is 65.2 Å². The van der Waals surface area contributed by atoms with Gasteiger partial charge >= 0.3 is 0 Å². The van der Waals surface area contributed by atoms with Crippen molar-refractivity contribution in [2.24, 2.45) is 0 Å². The van der Waals surface area contributed by atoms with Crippen LogP contribution in [0.4, 0.5) is 0 Å². The zero-order valence-electron chi connectivity index (χ0n) is 12.3.